The van der Waals surface area contributed by atoms with Gasteiger partial charge in [0.05, 0.1) is 0 Å². The van der Waals surface area contributed by atoms with Gasteiger partial charge in [-0.1, -0.05) is 12.1 Å². The zero-order chi connectivity index (χ0) is 16.2. The molecule has 0 bridgehead atoms. The highest BCUT2D eigenvalue weighted by Crippen LogP contribution is 2.19. The Bertz CT molecular complexity index is 722. The Hall–Kier alpha value is -2.41. The molecule has 0 saturated carbocycles. The predicted octanol–water partition coefficient (Wildman–Crippen LogP) is 3.33. The molecule has 7 heteroatoms. The lowest BCUT2D eigenvalue weighted by Crippen LogP contribution is -2.28. The molecule has 0 spiro atoms. The number of urea groups is 1. The van der Waals surface area contributed by atoms with Gasteiger partial charge in [-0.15, -0.1) is 11.3 Å². The summed E-state index contributed by atoms with van der Waals surface area (Å²) in [4.78, 5) is 30.2. The molecule has 1 aromatic carbocycles. The number of nitrogens with one attached hydrogen (secondary N) is 2. The minimum absolute atomic E-state index is 0.0640. The molecule has 1 fully saturated rings. The molecule has 3 rings (SSSR count). The number of likely N-dealkylation sites (tertiary alicyclic amines) is 1. The molecule has 1 aliphatic heterocycles. The molecule has 1 saturated heterocycles. The second kappa shape index (κ2) is 6.78. The van der Waals surface area contributed by atoms with Crippen molar-refractivity contribution in [3.05, 3.63) is 40.9 Å². The highest BCUT2D eigenvalue weighted by molar-refractivity contribution is 7.14. The Kier molecular flexibility index (Phi) is 4.57. The van der Waals surface area contributed by atoms with Gasteiger partial charge in [0.1, 0.15) is 5.69 Å². The normalized spacial score (nSPS) is 13.9. The largest absolute Gasteiger partial charge is 0.337 e. The number of carbonyl (C=O) groups is 2. The van der Waals surface area contributed by atoms with E-state index in [1.807, 2.05) is 31.2 Å². The summed E-state index contributed by atoms with van der Waals surface area (Å²) >= 11 is 1.25. The lowest BCUT2D eigenvalue weighted by Gasteiger charge is -2.12. The molecule has 2 heterocycles. The van der Waals surface area contributed by atoms with Crippen molar-refractivity contribution < 1.29 is 9.59 Å². The lowest BCUT2D eigenvalue weighted by atomic mass is 10.2. The summed E-state index contributed by atoms with van der Waals surface area (Å²) in [5, 5.41) is 7.51. The maximum absolute atomic E-state index is 12.2. The van der Waals surface area contributed by atoms with Crippen molar-refractivity contribution >= 4 is 34.1 Å². The number of aromatic nitrogens is 1. The summed E-state index contributed by atoms with van der Waals surface area (Å²) in [5.41, 5.74) is 2.17. The maximum Gasteiger partial charge on any atom is 0.325 e. The predicted molar refractivity (Wildman–Crippen MR) is 91.1 cm³/mol. The highest BCUT2D eigenvalue weighted by atomic mass is 32.1. The van der Waals surface area contributed by atoms with Crippen LogP contribution in [0.2, 0.25) is 0 Å². The molecule has 0 aliphatic carbocycles. The number of hydrogen-bond acceptors (Lipinski definition) is 4. The van der Waals surface area contributed by atoms with Crippen LogP contribution in [0.5, 0.6) is 0 Å². The molecule has 2 N–H and O–H groups in total. The van der Waals surface area contributed by atoms with Crippen LogP contribution < -0.4 is 10.6 Å². The van der Waals surface area contributed by atoms with E-state index >= 15 is 0 Å². The van der Waals surface area contributed by atoms with E-state index in [0.29, 0.717) is 16.5 Å². The third kappa shape index (κ3) is 3.87. The van der Waals surface area contributed by atoms with E-state index in [1.54, 1.807) is 10.3 Å². The number of rotatable bonds is 3. The van der Waals surface area contributed by atoms with Crippen molar-refractivity contribution in [1.82, 2.24) is 9.88 Å². The Morgan fingerprint density at radius 3 is 2.74 bits per heavy atom. The molecule has 0 unspecified atom stereocenters. The zero-order valence-corrected chi connectivity index (χ0v) is 13.7. The first-order valence-electron chi connectivity index (χ1n) is 7.51. The van der Waals surface area contributed by atoms with E-state index in [1.165, 1.54) is 11.3 Å². The van der Waals surface area contributed by atoms with Gasteiger partial charge in [0.25, 0.3) is 5.91 Å². The van der Waals surface area contributed by atoms with Gasteiger partial charge in [0.15, 0.2) is 5.13 Å². The molecule has 23 heavy (non-hydrogen) atoms. The van der Waals surface area contributed by atoms with E-state index in [9.17, 15) is 9.59 Å². The first kappa shape index (κ1) is 15.5. The number of aryl methyl sites for hydroxylation is 1. The van der Waals surface area contributed by atoms with Crippen molar-refractivity contribution in [2.24, 2.45) is 0 Å². The molecule has 0 radical (unpaired) electrons. The van der Waals surface area contributed by atoms with Gasteiger partial charge in [0, 0.05) is 24.2 Å². The molecular formula is C16H18N4O2S. The maximum atomic E-state index is 12.2. The average molecular weight is 330 g/mol. The van der Waals surface area contributed by atoms with E-state index in [0.717, 1.165) is 31.5 Å². The van der Waals surface area contributed by atoms with Crippen molar-refractivity contribution in [3.63, 3.8) is 0 Å². The first-order valence-corrected chi connectivity index (χ1v) is 8.39. The Morgan fingerprint density at radius 2 is 2.00 bits per heavy atom. The van der Waals surface area contributed by atoms with Crippen LogP contribution in [-0.4, -0.2) is 34.9 Å². The van der Waals surface area contributed by atoms with Gasteiger partial charge < -0.3 is 10.2 Å². The molecule has 2 aromatic rings. The van der Waals surface area contributed by atoms with Crippen LogP contribution in [0, 0.1) is 6.92 Å². The standard InChI is InChI=1S/C16H18N4O2S/c1-11-5-4-6-12(9-11)17-15(22)19-16-18-13(10-23-16)14(21)20-7-2-3-8-20/h4-6,9-10H,2-3,7-8H2,1H3,(H2,17,18,19,22). The SMILES string of the molecule is Cc1cccc(NC(=O)Nc2nc(C(=O)N3CCCC3)cs2)c1. The van der Waals surface area contributed by atoms with E-state index < -0.39 is 0 Å². The molecule has 0 atom stereocenters. The third-order valence-electron chi connectivity index (χ3n) is 3.61. The second-order valence-electron chi connectivity index (χ2n) is 5.49. The van der Waals surface area contributed by atoms with Crippen LogP contribution in [0.15, 0.2) is 29.6 Å². The molecule has 1 aromatic heterocycles. The summed E-state index contributed by atoms with van der Waals surface area (Å²) < 4.78 is 0. The second-order valence-corrected chi connectivity index (χ2v) is 6.34. The number of carbonyl (C=O) groups excluding carboxylic acids is 2. The van der Waals surface area contributed by atoms with Crippen LogP contribution >= 0.6 is 11.3 Å². The quantitative estimate of drug-likeness (QED) is 0.906. The fourth-order valence-electron chi connectivity index (χ4n) is 2.49. The summed E-state index contributed by atoms with van der Waals surface area (Å²) in [6.07, 6.45) is 2.08. The Labute approximate surface area is 138 Å². The summed E-state index contributed by atoms with van der Waals surface area (Å²) in [5.74, 6) is -0.0640. The van der Waals surface area contributed by atoms with E-state index in [2.05, 4.69) is 15.6 Å². The number of benzene rings is 1. The van der Waals surface area contributed by atoms with Gasteiger partial charge in [0.2, 0.25) is 0 Å². The van der Waals surface area contributed by atoms with Crippen LogP contribution in [0.3, 0.4) is 0 Å². The first-order chi connectivity index (χ1) is 11.1. The van der Waals surface area contributed by atoms with Crippen molar-refractivity contribution in [1.29, 1.82) is 0 Å². The van der Waals surface area contributed by atoms with Gasteiger partial charge in [-0.3, -0.25) is 10.1 Å². The van der Waals surface area contributed by atoms with Crippen molar-refractivity contribution in [2.45, 2.75) is 19.8 Å². The van der Waals surface area contributed by atoms with Crippen LogP contribution in [0.25, 0.3) is 0 Å². The van der Waals surface area contributed by atoms with Gasteiger partial charge >= 0.3 is 6.03 Å². The van der Waals surface area contributed by atoms with Crippen LogP contribution in [0.4, 0.5) is 15.6 Å². The fraction of sp³-hybridized carbons (Fsp3) is 0.312. The number of amides is 3. The summed E-state index contributed by atoms with van der Waals surface area (Å²) in [6, 6.07) is 7.16. The van der Waals surface area contributed by atoms with Crippen LogP contribution in [0.1, 0.15) is 28.9 Å². The number of nitrogens with zero attached hydrogens (tertiary/aromatic N) is 2. The van der Waals surface area contributed by atoms with E-state index in [-0.39, 0.29) is 11.9 Å². The van der Waals surface area contributed by atoms with Crippen molar-refractivity contribution in [3.8, 4) is 0 Å². The summed E-state index contributed by atoms with van der Waals surface area (Å²) in [7, 11) is 0. The molecule has 3 amide bonds. The Balaban J connectivity index is 1.60. The minimum atomic E-state index is -0.370. The smallest absolute Gasteiger partial charge is 0.325 e. The highest BCUT2D eigenvalue weighted by Gasteiger charge is 2.22. The molecule has 1 aliphatic rings. The lowest BCUT2D eigenvalue weighted by molar-refractivity contribution is 0.0788. The fourth-order valence-corrected chi connectivity index (χ4v) is 3.17. The van der Waals surface area contributed by atoms with E-state index in [4.69, 9.17) is 0 Å². The molecular weight excluding hydrogens is 312 g/mol. The van der Waals surface area contributed by atoms with Gasteiger partial charge in [-0.2, -0.15) is 0 Å². The van der Waals surface area contributed by atoms with Crippen molar-refractivity contribution in [2.75, 3.05) is 23.7 Å². The third-order valence-corrected chi connectivity index (χ3v) is 4.37. The topological polar surface area (TPSA) is 74.3 Å². The van der Waals surface area contributed by atoms with Gasteiger partial charge in [-0.05, 0) is 37.5 Å². The number of hydrogen-bond donors (Lipinski definition) is 2. The zero-order valence-electron chi connectivity index (χ0n) is 12.8. The average Bonchev–Trinajstić information content (AvgIpc) is 3.17. The monoisotopic (exact) mass is 330 g/mol. The Morgan fingerprint density at radius 1 is 1.22 bits per heavy atom. The number of thiazole rings is 1. The summed E-state index contributed by atoms with van der Waals surface area (Å²) in [6.45, 7) is 3.53. The molecule has 120 valence electrons. The van der Waals surface area contributed by atoms with Crippen LogP contribution in [-0.2, 0) is 0 Å². The minimum Gasteiger partial charge on any atom is -0.337 e. The van der Waals surface area contributed by atoms with Gasteiger partial charge in [-0.25, -0.2) is 9.78 Å². The molecule has 6 nitrogen and oxygen atoms in total. The number of anilines is 2.